The molecule has 1 amide bonds. The largest absolute Gasteiger partial charge is 0.497 e. The minimum atomic E-state index is -0.901. The SMILES string of the molecule is CCC(C)(C(=O)Nc1cc(OC)ccc1Cl)C(N)=S. The van der Waals surface area contributed by atoms with Crippen molar-refractivity contribution in [3.63, 3.8) is 0 Å². The van der Waals surface area contributed by atoms with Crippen molar-refractivity contribution in [1.82, 2.24) is 0 Å². The van der Waals surface area contributed by atoms with Gasteiger partial charge in [0.25, 0.3) is 0 Å². The summed E-state index contributed by atoms with van der Waals surface area (Å²) in [6, 6.07) is 5.01. The maximum absolute atomic E-state index is 12.3. The second-order valence-electron chi connectivity index (χ2n) is 4.35. The van der Waals surface area contributed by atoms with Gasteiger partial charge in [0.2, 0.25) is 5.91 Å². The Hall–Kier alpha value is -1.33. The highest BCUT2D eigenvalue weighted by atomic mass is 35.5. The Bertz CT molecular complexity index is 507. The molecule has 19 heavy (non-hydrogen) atoms. The van der Waals surface area contributed by atoms with Crippen molar-refractivity contribution in [2.24, 2.45) is 11.1 Å². The van der Waals surface area contributed by atoms with Crippen LogP contribution in [0.5, 0.6) is 5.75 Å². The predicted molar refractivity (Wildman–Crippen MR) is 81.8 cm³/mol. The zero-order valence-corrected chi connectivity index (χ0v) is 12.7. The molecule has 0 heterocycles. The first kappa shape index (κ1) is 15.7. The molecule has 0 fully saturated rings. The van der Waals surface area contributed by atoms with E-state index in [2.05, 4.69) is 5.32 Å². The third kappa shape index (κ3) is 3.36. The Labute approximate surface area is 123 Å². The van der Waals surface area contributed by atoms with Crippen LogP contribution in [0.4, 0.5) is 5.69 Å². The van der Waals surface area contributed by atoms with E-state index in [4.69, 9.17) is 34.3 Å². The van der Waals surface area contributed by atoms with Gasteiger partial charge in [-0.2, -0.15) is 0 Å². The fraction of sp³-hybridized carbons (Fsp3) is 0.385. The number of benzene rings is 1. The van der Waals surface area contributed by atoms with Gasteiger partial charge in [-0.05, 0) is 25.5 Å². The molecule has 0 spiro atoms. The number of halogens is 1. The topological polar surface area (TPSA) is 64.3 Å². The number of amides is 1. The van der Waals surface area contributed by atoms with Crippen LogP contribution >= 0.6 is 23.8 Å². The van der Waals surface area contributed by atoms with Gasteiger partial charge in [0.1, 0.15) is 5.75 Å². The van der Waals surface area contributed by atoms with Gasteiger partial charge in [-0.1, -0.05) is 30.7 Å². The maximum atomic E-state index is 12.3. The van der Waals surface area contributed by atoms with Crippen LogP contribution in [-0.2, 0) is 4.79 Å². The number of carbonyl (C=O) groups excluding carboxylic acids is 1. The number of thiocarbonyl (C=S) groups is 1. The molecule has 1 aromatic rings. The molecule has 0 aliphatic heterocycles. The second-order valence-corrected chi connectivity index (χ2v) is 5.20. The van der Waals surface area contributed by atoms with E-state index >= 15 is 0 Å². The van der Waals surface area contributed by atoms with Crippen molar-refractivity contribution in [3.05, 3.63) is 23.2 Å². The molecule has 1 atom stereocenters. The zero-order chi connectivity index (χ0) is 14.6. The van der Waals surface area contributed by atoms with Crippen LogP contribution in [0.1, 0.15) is 20.3 Å². The summed E-state index contributed by atoms with van der Waals surface area (Å²) in [6.07, 6.45) is 0.510. The quantitative estimate of drug-likeness (QED) is 0.821. The van der Waals surface area contributed by atoms with Crippen LogP contribution in [0.25, 0.3) is 0 Å². The number of nitrogens with one attached hydrogen (secondary N) is 1. The van der Waals surface area contributed by atoms with Gasteiger partial charge in [-0.25, -0.2) is 0 Å². The molecule has 1 rings (SSSR count). The van der Waals surface area contributed by atoms with Crippen LogP contribution in [0, 0.1) is 5.41 Å². The molecule has 4 nitrogen and oxygen atoms in total. The van der Waals surface area contributed by atoms with E-state index in [0.717, 1.165) is 0 Å². The van der Waals surface area contributed by atoms with Crippen LogP contribution in [0.3, 0.4) is 0 Å². The van der Waals surface area contributed by atoms with Crippen molar-refractivity contribution < 1.29 is 9.53 Å². The minimum absolute atomic E-state index is 0.159. The monoisotopic (exact) mass is 300 g/mol. The molecule has 1 aromatic carbocycles. The van der Waals surface area contributed by atoms with Crippen LogP contribution < -0.4 is 15.8 Å². The highest BCUT2D eigenvalue weighted by Crippen LogP contribution is 2.30. The molecule has 0 aromatic heterocycles. The molecule has 1 unspecified atom stereocenters. The van der Waals surface area contributed by atoms with Gasteiger partial charge in [-0.15, -0.1) is 0 Å². The lowest BCUT2D eigenvalue weighted by Crippen LogP contribution is -2.43. The molecule has 0 aliphatic rings. The smallest absolute Gasteiger partial charge is 0.237 e. The average Bonchev–Trinajstić information content (AvgIpc) is 2.39. The van der Waals surface area contributed by atoms with Crippen LogP contribution in [0.2, 0.25) is 5.02 Å². The van der Waals surface area contributed by atoms with Gasteiger partial charge >= 0.3 is 0 Å². The molecule has 3 N–H and O–H groups in total. The number of rotatable bonds is 5. The fourth-order valence-electron chi connectivity index (χ4n) is 1.43. The normalized spacial score (nSPS) is 13.5. The summed E-state index contributed by atoms with van der Waals surface area (Å²) in [6.45, 7) is 3.56. The van der Waals surface area contributed by atoms with E-state index in [0.29, 0.717) is 22.9 Å². The molecular weight excluding hydrogens is 284 g/mol. The van der Waals surface area contributed by atoms with Gasteiger partial charge in [-0.3, -0.25) is 4.79 Å². The molecule has 0 radical (unpaired) electrons. The first-order chi connectivity index (χ1) is 8.85. The van der Waals surface area contributed by atoms with Gasteiger partial charge < -0.3 is 15.8 Å². The van der Waals surface area contributed by atoms with E-state index in [1.54, 1.807) is 32.2 Å². The van der Waals surface area contributed by atoms with E-state index in [1.165, 1.54) is 0 Å². The van der Waals surface area contributed by atoms with Crippen molar-refractivity contribution in [3.8, 4) is 5.75 Å². The molecule has 0 bridgehead atoms. The summed E-state index contributed by atoms with van der Waals surface area (Å²) in [4.78, 5) is 12.4. The van der Waals surface area contributed by atoms with Crippen molar-refractivity contribution in [2.45, 2.75) is 20.3 Å². The second kappa shape index (κ2) is 6.21. The number of hydrogen-bond donors (Lipinski definition) is 2. The maximum Gasteiger partial charge on any atom is 0.237 e. The van der Waals surface area contributed by atoms with Gasteiger partial charge in [0, 0.05) is 6.07 Å². The number of carbonyl (C=O) groups is 1. The Morgan fingerprint density at radius 1 is 1.58 bits per heavy atom. The highest BCUT2D eigenvalue weighted by molar-refractivity contribution is 7.80. The number of nitrogens with two attached hydrogens (primary N) is 1. The fourth-order valence-corrected chi connectivity index (χ4v) is 1.84. The average molecular weight is 301 g/mol. The molecule has 0 aliphatic carbocycles. The number of hydrogen-bond acceptors (Lipinski definition) is 3. The standard InChI is InChI=1S/C13H17ClN2O2S/c1-4-13(2,11(15)19)12(17)16-10-7-8(18-3)5-6-9(10)14/h5-7H,4H2,1-3H3,(H2,15,19)(H,16,17). The third-order valence-electron chi connectivity index (χ3n) is 3.17. The number of methoxy groups -OCH3 is 1. The van der Waals surface area contributed by atoms with Crippen molar-refractivity contribution >= 4 is 40.4 Å². The zero-order valence-electron chi connectivity index (χ0n) is 11.1. The van der Waals surface area contributed by atoms with Crippen LogP contribution in [0.15, 0.2) is 18.2 Å². The Morgan fingerprint density at radius 3 is 2.68 bits per heavy atom. The van der Waals surface area contributed by atoms with E-state index in [9.17, 15) is 4.79 Å². The number of anilines is 1. The molecule has 0 saturated heterocycles. The Morgan fingerprint density at radius 2 is 2.21 bits per heavy atom. The summed E-state index contributed by atoms with van der Waals surface area (Å²) in [5.41, 5.74) is 5.22. The summed E-state index contributed by atoms with van der Waals surface area (Å²) in [5, 5.41) is 3.17. The Kier molecular flexibility index (Phi) is 5.14. The van der Waals surface area contributed by atoms with E-state index < -0.39 is 5.41 Å². The van der Waals surface area contributed by atoms with Gasteiger partial charge in [0.05, 0.1) is 28.2 Å². The summed E-state index contributed by atoms with van der Waals surface area (Å²) in [7, 11) is 1.54. The van der Waals surface area contributed by atoms with E-state index in [-0.39, 0.29) is 10.9 Å². The lowest BCUT2D eigenvalue weighted by Gasteiger charge is -2.25. The predicted octanol–water partition coefficient (Wildman–Crippen LogP) is 2.99. The molecular formula is C13H17ClN2O2S. The first-order valence-electron chi connectivity index (χ1n) is 5.80. The molecule has 104 valence electrons. The Balaban J connectivity index is 3.02. The highest BCUT2D eigenvalue weighted by Gasteiger charge is 2.34. The van der Waals surface area contributed by atoms with Crippen molar-refractivity contribution in [1.29, 1.82) is 0 Å². The summed E-state index contributed by atoms with van der Waals surface area (Å²) in [5.74, 6) is 0.325. The van der Waals surface area contributed by atoms with Crippen molar-refractivity contribution in [2.75, 3.05) is 12.4 Å². The summed E-state index contributed by atoms with van der Waals surface area (Å²) < 4.78 is 5.09. The minimum Gasteiger partial charge on any atom is -0.497 e. The third-order valence-corrected chi connectivity index (χ3v) is 3.95. The lowest BCUT2D eigenvalue weighted by molar-refractivity contribution is -0.121. The van der Waals surface area contributed by atoms with Crippen LogP contribution in [-0.4, -0.2) is 18.0 Å². The number of ether oxygens (including phenoxy) is 1. The van der Waals surface area contributed by atoms with E-state index in [1.807, 2.05) is 6.92 Å². The molecule has 6 heteroatoms. The first-order valence-corrected chi connectivity index (χ1v) is 6.58. The molecule has 0 saturated carbocycles. The van der Waals surface area contributed by atoms with Gasteiger partial charge in [0.15, 0.2) is 0 Å². The lowest BCUT2D eigenvalue weighted by atomic mass is 9.86. The summed E-state index contributed by atoms with van der Waals surface area (Å²) >= 11 is 11.0.